The minimum absolute atomic E-state index is 0.314. The van der Waals surface area contributed by atoms with Crippen molar-refractivity contribution in [2.75, 3.05) is 0 Å². The van der Waals surface area contributed by atoms with Crippen LogP contribution in [0.25, 0.3) is 11.7 Å². The summed E-state index contributed by atoms with van der Waals surface area (Å²) in [7, 11) is -1.86. The van der Waals surface area contributed by atoms with Crippen LogP contribution in [0.3, 0.4) is 0 Å². The van der Waals surface area contributed by atoms with Gasteiger partial charge in [0.15, 0.2) is 0 Å². The molecule has 0 saturated carbocycles. The average Bonchev–Trinajstić information content (AvgIpc) is 2.49. The fourth-order valence-electron chi connectivity index (χ4n) is 1.57. The second-order valence-electron chi connectivity index (χ2n) is 3.99. The van der Waals surface area contributed by atoms with E-state index in [1.165, 1.54) is 0 Å². The van der Waals surface area contributed by atoms with Crippen LogP contribution in [-0.2, 0) is 10.8 Å². The molecule has 2 aromatic rings. The second-order valence-corrected chi connectivity index (χ2v) is 5.12. The third-order valence-electron chi connectivity index (χ3n) is 2.54. The second kappa shape index (κ2) is 6.91. The fourth-order valence-corrected chi connectivity index (χ4v) is 2.32. The van der Waals surface area contributed by atoms with E-state index in [1.807, 2.05) is 0 Å². The van der Waals surface area contributed by atoms with E-state index >= 15 is 0 Å². The van der Waals surface area contributed by atoms with Gasteiger partial charge in [0.1, 0.15) is 11.7 Å². The van der Waals surface area contributed by atoms with Crippen molar-refractivity contribution in [3.8, 4) is 0 Å². The maximum Gasteiger partial charge on any atom is 0.139 e. The van der Waals surface area contributed by atoms with Gasteiger partial charge in [0.2, 0.25) is 0 Å². The largest absolute Gasteiger partial charge is 0.250 e. The van der Waals surface area contributed by atoms with Crippen molar-refractivity contribution >= 4 is 22.5 Å². The molecule has 0 aliphatic carbocycles. The normalized spacial score (nSPS) is 14.1. The molecule has 0 aliphatic rings. The predicted octanol–water partition coefficient (Wildman–Crippen LogP) is 4.67. The lowest BCUT2D eigenvalue weighted by Gasteiger charge is -1.97. The van der Waals surface area contributed by atoms with E-state index in [2.05, 4.69) is 0 Å². The molecule has 102 valence electrons. The molecule has 0 unspecified atom stereocenters. The maximum atomic E-state index is 13.8. The summed E-state index contributed by atoms with van der Waals surface area (Å²) in [5, 5.41) is 1.77. The summed E-state index contributed by atoms with van der Waals surface area (Å²) >= 11 is 0. The topological polar surface area (TPSA) is 17.1 Å². The molecule has 0 saturated heterocycles. The molecule has 0 N–H and O–H groups in total. The summed E-state index contributed by atoms with van der Waals surface area (Å²) in [6, 6.07) is 16.4. The Balaban J connectivity index is 2.17. The molecule has 0 aliphatic heterocycles. The summed E-state index contributed by atoms with van der Waals surface area (Å²) in [5.41, 5.74) is 0.628. The van der Waals surface area contributed by atoms with E-state index in [1.54, 1.807) is 60.7 Å². The van der Waals surface area contributed by atoms with Gasteiger partial charge in [-0.15, -0.1) is 0 Å². The number of hydrogen-bond donors (Lipinski definition) is 0. The zero-order chi connectivity index (χ0) is 14.4. The molecule has 0 aromatic heterocycles. The molecule has 0 bridgehead atoms. The molecule has 2 aromatic carbocycles. The number of rotatable bonds is 4. The zero-order valence-electron chi connectivity index (χ0n) is 10.5. The monoisotopic (exact) mass is 290 g/mol. The Kier molecular flexibility index (Phi) is 4.96. The first-order valence-electron chi connectivity index (χ1n) is 5.91. The van der Waals surface area contributed by atoms with Gasteiger partial charge in [-0.1, -0.05) is 60.7 Å². The van der Waals surface area contributed by atoms with E-state index < -0.39 is 22.5 Å². The van der Waals surface area contributed by atoms with Gasteiger partial charge in [-0.2, -0.15) is 0 Å². The first kappa shape index (κ1) is 14.3. The van der Waals surface area contributed by atoms with Gasteiger partial charge < -0.3 is 0 Å². The minimum atomic E-state index is -1.86. The van der Waals surface area contributed by atoms with Crippen LogP contribution < -0.4 is 0 Å². The molecule has 0 atom stereocenters. The fraction of sp³-hybridized carbons (Fsp3) is 0. The average molecular weight is 290 g/mol. The van der Waals surface area contributed by atoms with Crippen LogP contribution in [0.15, 0.2) is 71.5 Å². The van der Waals surface area contributed by atoms with Gasteiger partial charge in [-0.3, -0.25) is 4.21 Å². The Hall–Kier alpha value is -2.07. The van der Waals surface area contributed by atoms with Crippen LogP contribution >= 0.6 is 0 Å². The molecule has 0 radical (unpaired) electrons. The van der Waals surface area contributed by atoms with Gasteiger partial charge in [-0.25, -0.2) is 8.78 Å². The van der Waals surface area contributed by atoms with Gasteiger partial charge in [0, 0.05) is 21.9 Å². The van der Waals surface area contributed by atoms with Crippen molar-refractivity contribution in [1.29, 1.82) is 0 Å². The number of hydrogen-bond acceptors (Lipinski definition) is 1. The molecular formula is C16H12F2OS. The standard InChI is InChI=1S/C16H12F2OS/c17-15(13-7-3-1-4-8-13)11-20(19)12-16(18)14-9-5-2-6-10-14/h1-12H. The van der Waals surface area contributed by atoms with Crippen LogP contribution in [0.4, 0.5) is 8.78 Å². The lowest BCUT2D eigenvalue weighted by atomic mass is 10.2. The van der Waals surface area contributed by atoms with Crippen molar-refractivity contribution in [2.24, 2.45) is 0 Å². The SMILES string of the molecule is O=S(C=C(F)c1ccccc1)C=C(F)c1ccccc1. The highest BCUT2D eigenvalue weighted by molar-refractivity contribution is 7.91. The molecule has 1 nitrogen and oxygen atoms in total. The van der Waals surface area contributed by atoms with Crippen molar-refractivity contribution in [2.45, 2.75) is 0 Å². The first-order chi connectivity index (χ1) is 9.66. The van der Waals surface area contributed by atoms with Gasteiger partial charge in [0.05, 0.1) is 10.8 Å². The molecule has 4 heteroatoms. The van der Waals surface area contributed by atoms with Crippen LogP contribution in [0.5, 0.6) is 0 Å². The van der Waals surface area contributed by atoms with Crippen LogP contribution in [0.1, 0.15) is 11.1 Å². The first-order valence-corrected chi connectivity index (χ1v) is 7.19. The molecule has 0 heterocycles. The Morgan fingerprint density at radius 2 is 1.10 bits per heavy atom. The summed E-state index contributed by atoms with van der Waals surface area (Å²) in [5.74, 6) is -1.28. The lowest BCUT2D eigenvalue weighted by Crippen LogP contribution is -1.84. The van der Waals surface area contributed by atoms with Crippen LogP contribution in [0.2, 0.25) is 0 Å². The quantitative estimate of drug-likeness (QED) is 0.799. The summed E-state index contributed by atoms with van der Waals surface area (Å²) in [6.45, 7) is 0. The summed E-state index contributed by atoms with van der Waals surface area (Å²) < 4.78 is 39.2. The predicted molar refractivity (Wildman–Crippen MR) is 79.2 cm³/mol. The van der Waals surface area contributed by atoms with E-state index in [0.29, 0.717) is 11.1 Å². The number of halogens is 2. The Morgan fingerprint density at radius 1 is 0.750 bits per heavy atom. The van der Waals surface area contributed by atoms with Crippen molar-refractivity contribution in [3.05, 3.63) is 82.6 Å². The summed E-state index contributed by atoms with van der Waals surface area (Å²) in [4.78, 5) is 0. The smallest absolute Gasteiger partial charge is 0.139 e. The van der Waals surface area contributed by atoms with Gasteiger partial charge >= 0.3 is 0 Å². The molecule has 2 rings (SSSR count). The van der Waals surface area contributed by atoms with Gasteiger partial charge in [-0.05, 0) is 0 Å². The Labute approximate surface area is 118 Å². The van der Waals surface area contributed by atoms with Crippen LogP contribution in [-0.4, -0.2) is 4.21 Å². The highest BCUT2D eigenvalue weighted by Crippen LogP contribution is 2.19. The van der Waals surface area contributed by atoms with E-state index in [-0.39, 0.29) is 0 Å². The van der Waals surface area contributed by atoms with Gasteiger partial charge in [0.25, 0.3) is 0 Å². The molecule has 0 fully saturated rings. The maximum absolute atomic E-state index is 13.8. The van der Waals surface area contributed by atoms with Crippen LogP contribution in [0, 0.1) is 0 Å². The third kappa shape index (κ3) is 3.96. The highest BCUT2D eigenvalue weighted by atomic mass is 32.2. The Bertz CT molecular complexity index is 591. The lowest BCUT2D eigenvalue weighted by molar-refractivity contribution is 0.691. The highest BCUT2D eigenvalue weighted by Gasteiger charge is 2.04. The van der Waals surface area contributed by atoms with Crippen molar-refractivity contribution in [1.82, 2.24) is 0 Å². The molecule has 20 heavy (non-hydrogen) atoms. The van der Waals surface area contributed by atoms with Crippen molar-refractivity contribution in [3.63, 3.8) is 0 Å². The zero-order valence-corrected chi connectivity index (χ0v) is 11.3. The third-order valence-corrected chi connectivity index (χ3v) is 3.42. The molecule has 0 amide bonds. The van der Waals surface area contributed by atoms with E-state index in [0.717, 1.165) is 10.8 Å². The summed E-state index contributed by atoms with van der Waals surface area (Å²) in [6.07, 6.45) is 0. The molecular weight excluding hydrogens is 278 g/mol. The Morgan fingerprint density at radius 3 is 1.45 bits per heavy atom. The van der Waals surface area contributed by atoms with E-state index in [4.69, 9.17) is 0 Å². The van der Waals surface area contributed by atoms with Crippen molar-refractivity contribution < 1.29 is 13.0 Å². The molecule has 0 spiro atoms. The van der Waals surface area contributed by atoms with E-state index in [9.17, 15) is 13.0 Å². The number of benzene rings is 2. The minimum Gasteiger partial charge on any atom is -0.250 e.